The Labute approximate surface area is 159 Å². The smallest absolute Gasteiger partial charge is 0.282 e. The molecule has 3 heteroatoms. The van der Waals surface area contributed by atoms with Crippen LogP contribution in [0, 0.1) is 11.5 Å². The van der Waals surface area contributed by atoms with E-state index in [0.29, 0.717) is 6.61 Å². The van der Waals surface area contributed by atoms with Crippen LogP contribution in [0.15, 0.2) is 0 Å². The highest BCUT2D eigenvalue weighted by Crippen LogP contribution is 2.51. The zero-order valence-corrected chi connectivity index (χ0v) is 19.3. The summed E-state index contributed by atoms with van der Waals surface area (Å²) in [6.07, 6.45) is 8.56. The van der Waals surface area contributed by atoms with Gasteiger partial charge in [0.1, 0.15) is 0 Å². The van der Waals surface area contributed by atoms with Gasteiger partial charge in [0.2, 0.25) is 0 Å². The van der Waals surface area contributed by atoms with Crippen molar-refractivity contribution in [3.05, 3.63) is 0 Å². The molecule has 0 heterocycles. The Morgan fingerprint density at radius 2 is 1.44 bits per heavy atom. The molecule has 0 rings (SSSR count). The first-order valence-corrected chi connectivity index (χ1v) is 12.2. The molecule has 1 unspecified atom stereocenters. The molecule has 0 aromatic carbocycles. The minimum atomic E-state index is -2.39. The largest absolute Gasteiger partial charge is 0.402 e. The first-order chi connectivity index (χ1) is 11.5. The molecule has 148 valence electrons. The number of unbranched alkanes of at least 4 members (excludes halogenated alkanes) is 5. The molecule has 0 fully saturated rings. The maximum Gasteiger partial charge on any atom is 0.282 e. The molecule has 0 aromatic heterocycles. The summed E-state index contributed by atoms with van der Waals surface area (Å²) in [4.78, 5) is 0. The van der Waals surface area contributed by atoms with Crippen LogP contribution in [-0.2, 0) is 4.43 Å². The highest BCUT2D eigenvalue weighted by atomic mass is 28.4. The van der Waals surface area contributed by atoms with Crippen molar-refractivity contribution in [3.8, 4) is 11.5 Å². The molecule has 0 aliphatic carbocycles. The molecule has 0 radical (unpaired) electrons. The van der Waals surface area contributed by atoms with Gasteiger partial charge in [0.25, 0.3) is 8.32 Å². The highest BCUT2D eigenvalue weighted by molar-refractivity contribution is 6.86. The first kappa shape index (κ1) is 24.7. The van der Waals surface area contributed by atoms with Gasteiger partial charge in [0.15, 0.2) is 0 Å². The summed E-state index contributed by atoms with van der Waals surface area (Å²) in [5, 5.41) is 10.3. The van der Waals surface area contributed by atoms with Crippen LogP contribution in [0.2, 0.25) is 10.1 Å². The molecule has 0 saturated heterocycles. The van der Waals surface area contributed by atoms with E-state index in [4.69, 9.17) is 4.43 Å². The van der Waals surface area contributed by atoms with Gasteiger partial charge in [-0.3, -0.25) is 0 Å². The number of aliphatic hydroxyl groups is 1. The molecule has 2 nitrogen and oxygen atoms in total. The average Bonchev–Trinajstić information content (AvgIpc) is 2.48. The van der Waals surface area contributed by atoms with E-state index in [9.17, 15) is 5.11 Å². The zero-order valence-electron chi connectivity index (χ0n) is 18.3. The molecule has 1 N–H and O–H groups in total. The second kappa shape index (κ2) is 11.4. The summed E-state index contributed by atoms with van der Waals surface area (Å²) in [6.45, 7) is 18.4. The molecule has 0 amide bonds. The van der Waals surface area contributed by atoms with E-state index >= 15 is 0 Å². The third-order valence-electron chi connectivity index (χ3n) is 4.92. The molecule has 0 spiro atoms. The van der Waals surface area contributed by atoms with Crippen molar-refractivity contribution < 1.29 is 9.53 Å². The van der Waals surface area contributed by atoms with Crippen molar-refractivity contribution in [1.82, 2.24) is 0 Å². The van der Waals surface area contributed by atoms with Crippen LogP contribution in [0.5, 0.6) is 0 Å². The van der Waals surface area contributed by atoms with Crippen molar-refractivity contribution in [3.63, 3.8) is 0 Å². The summed E-state index contributed by atoms with van der Waals surface area (Å²) < 4.78 is 6.56. The van der Waals surface area contributed by atoms with Crippen molar-refractivity contribution in [1.29, 1.82) is 0 Å². The van der Waals surface area contributed by atoms with Crippen LogP contribution < -0.4 is 0 Å². The second-order valence-corrected chi connectivity index (χ2v) is 14.3. The Kier molecular flexibility index (Phi) is 11.3. The van der Waals surface area contributed by atoms with Crippen molar-refractivity contribution in [2.45, 2.75) is 123 Å². The molecular formula is C22H44O2Si. The van der Waals surface area contributed by atoms with Gasteiger partial charge in [-0.15, -0.1) is 5.92 Å². The van der Waals surface area contributed by atoms with Gasteiger partial charge in [-0.2, -0.15) is 0 Å². The van der Waals surface area contributed by atoms with Crippen molar-refractivity contribution >= 4 is 8.32 Å². The molecule has 0 saturated carbocycles. The van der Waals surface area contributed by atoms with Gasteiger partial charge >= 0.3 is 0 Å². The second-order valence-electron chi connectivity index (χ2n) is 9.40. The van der Waals surface area contributed by atoms with Crippen LogP contribution in [-0.4, -0.2) is 26.1 Å². The lowest BCUT2D eigenvalue weighted by molar-refractivity contribution is 0.0881. The maximum absolute atomic E-state index is 10.3. The summed E-state index contributed by atoms with van der Waals surface area (Å²) in [5.74, 6) is 3.47. The fourth-order valence-electron chi connectivity index (χ4n) is 3.54. The fourth-order valence-corrected chi connectivity index (χ4v) is 8.30. The summed E-state index contributed by atoms with van der Waals surface area (Å²) in [6, 6.07) is 0. The Morgan fingerprint density at radius 3 is 1.92 bits per heavy atom. The summed E-state index contributed by atoms with van der Waals surface area (Å²) >= 11 is 0. The number of aliphatic hydroxyl groups excluding tert-OH is 1. The van der Waals surface area contributed by atoms with Crippen LogP contribution in [0.4, 0.5) is 0 Å². The Morgan fingerprint density at radius 1 is 0.880 bits per heavy atom. The monoisotopic (exact) mass is 368 g/mol. The minimum absolute atomic E-state index is 0.00610. The average molecular weight is 369 g/mol. The van der Waals surface area contributed by atoms with Gasteiger partial charge in [-0.1, -0.05) is 93.0 Å². The van der Waals surface area contributed by atoms with E-state index in [-0.39, 0.29) is 16.2 Å². The summed E-state index contributed by atoms with van der Waals surface area (Å²) in [7, 11) is -2.39. The zero-order chi connectivity index (χ0) is 19.6. The van der Waals surface area contributed by atoms with Crippen molar-refractivity contribution in [2.24, 2.45) is 0 Å². The predicted molar refractivity (Wildman–Crippen MR) is 113 cm³/mol. The Bertz CT molecular complexity index is 392. The molecule has 25 heavy (non-hydrogen) atoms. The number of rotatable bonds is 10. The Hall–Kier alpha value is -0.303. The minimum Gasteiger partial charge on any atom is -0.402 e. The Balaban J connectivity index is 5.25. The van der Waals surface area contributed by atoms with Gasteiger partial charge < -0.3 is 9.53 Å². The standard InChI is InChI=1S/C22H44O2Si/c1-9-11-13-14-15-16-18-25(21(3,4)5,22(6,7)8)24-19-20(23)17-12-10-2/h20,23H,9-15,17,19H2,1-8H3. The van der Waals surface area contributed by atoms with E-state index < -0.39 is 8.32 Å². The predicted octanol–water partition coefficient (Wildman–Crippen LogP) is 6.61. The normalized spacial score (nSPS) is 14.1. The topological polar surface area (TPSA) is 29.5 Å². The maximum atomic E-state index is 10.3. The quantitative estimate of drug-likeness (QED) is 0.267. The van der Waals surface area contributed by atoms with Crippen molar-refractivity contribution in [2.75, 3.05) is 6.61 Å². The number of hydrogen-bond donors (Lipinski definition) is 1. The summed E-state index contributed by atoms with van der Waals surface area (Å²) in [5.41, 5.74) is 3.66. The number of hydrogen-bond acceptors (Lipinski definition) is 2. The SMILES string of the molecule is CCCCCCC#C[Si](OCC(O)CCCC)(C(C)(C)C)C(C)(C)C. The van der Waals surface area contributed by atoms with Gasteiger partial charge in [-0.25, -0.2) is 0 Å². The van der Waals surface area contributed by atoms with Gasteiger partial charge in [0.05, 0.1) is 12.7 Å². The molecule has 0 aliphatic rings. The van der Waals surface area contributed by atoms with Gasteiger partial charge in [0, 0.05) is 6.42 Å². The lowest BCUT2D eigenvalue weighted by Gasteiger charge is -2.47. The fraction of sp³-hybridized carbons (Fsp3) is 0.909. The third kappa shape index (κ3) is 8.28. The van der Waals surface area contributed by atoms with Crippen LogP contribution in [0.25, 0.3) is 0 Å². The van der Waals surface area contributed by atoms with Crippen LogP contribution >= 0.6 is 0 Å². The van der Waals surface area contributed by atoms with Gasteiger partial charge in [-0.05, 0) is 22.9 Å². The van der Waals surface area contributed by atoms with Crippen LogP contribution in [0.1, 0.15) is 107 Å². The molecule has 0 bridgehead atoms. The molecular weight excluding hydrogens is 324 g/mol. The molecule has 0 aromatic rings. The third-order valence-corrected chi connectivity index (χ3v) is 10.3. The lowest BCUT2D eigenvalue weighted by atomic mass is 10.2. The highest BCUT2D eigenvalue weighted by Gasteiger charge is 2.55. The van der Waals surface area contributed by atoms with E-state index in [1.165, 1.54) is 25.7 Å². The first-order valence-electron chi connectivity index (χ1n) is 10.3. The van der Waals surface area contributed by atoms with E-state index in [2.05, 4.69) is 66.9 Å². The molecule has 1 atom stereocenters. The van der Waals surface area contributed by atoms with E-state index in [1.54, 1.807) is 0 Å². The van der Waals surface area contributed by atoms with E-state index in [1.807, 2.05) is 0 Å². The van der Waals surface area contributed by atoms with E-state index in [0.717, 1.165) is 25.7 Å². The van der Waals surface area contributed by atoms with Crippen LogP contribution in [0.3, 0.4) is 0 Å². The lowest BCUT2D eigenvalue weighted by Crippen LogP contribution is -2.55. The molecule has 0 aliphatic heterocycles.